The molecule has 0 spiro atoms. The number of nitrogens with one attached hydrogen (secondary N) is 1. The molecule has 0 amide bonds. The Morgan fingerprint density at radius 3 is 3.06 bits per heavy atom. The van der Waals surface area contributed by atoms with Gasteiger partial charge in [0, 0.05) is 19.0 Å². The van der Waals surface area contributed by atoms with Crippen molar-refractivity contribution in [3.05, 3.63) is 18.1 Å². The molecule has 0 aliphatic carbocycles. The van der Waals surface area contributed by atoms with E-state index < -0.39 is 0 Å². The summed E-state index contributed by atoms with van der Waals surface area (Å²) >= 11 is 0. The lowest BCUT2D eigenvalue weighted by Gasteiger charge is -2.18. The first-order valence-corrected chi connectivity index (χ1v) is 6.27. The van der Waals surface area contributed by atoms with Crippen molar-refractivity contribution >= 4 is 0 Å². The van der Waals surface area contributed by atoms with Crippen LogP contribution < -0.4 is 16.0 Å². The van der Waals surface area contributed by atoms with Crippen LogP contribution in [0.3, 0.4) is 0 Å². The third kappa shape index (κ3) is 3.16. The zero-order valence-electron chi connectivity index (χ0n) is 10.6. The summed E-state index contributed by atoms with van der Waals surface area (Å²) < 4.78 is 10.8. The predicted molar refractivity (Wildman–Crippen MR) is 66.9 cm³/mol. The summed E-state index contributed by atoms with van der Waals surface area (Å²) in [5.74, 6) is 6.12. The first-order valence-electron chi connectivity index (χ1n) is 6.27. The van der Waals surface area contributed by atoms with Crippen LogP contribution in [0.4, 0.5) is 0 Å². The van der Waals surface area contributed by atoms with Gasteiger partial charge in [-0.2, -0.15) is 0 Å². The summed E-state index contributed by atoms with van der Waals surface area (Å²) in [5, 5.41) is 0. The summed E-state index contributed by atoms with van der Waals surface area (Å²) in [6.07, 6.45) is 7.72. The SMILES string of the molecule is COc1nccnc1C(CCC1CCCO1)NN. The molecule has 0 aromatic carbocycles. The fourth-order valence-corrected chi connectivity index (χ4v) is 2.26. The second kappa shape index (κ2) is 6.63. The van der Waals surface area contributed by atoms with E-state index in [4.69, 9.17) is 15.3 Å². The second-order valence-electron chi connectivity index (χ2n) is 4.38. The Morgan fingerprint density at radius 2 is 2.39 bits per heavy atom. The van der Waals surface area contributed by atoms with Gasteiger partial charge in [-0.15, -0.1) is 0 Å². The topological polar surface area (TPSA) is 82.3 Å². The van der Waals surface area contributed by atoms with Gasteiger partial charge in [0.1, 0.15) is 5.69 Å². The normalized spacial score (nSPS) is 20.9. The minimum Gasteiger partial charge on any atom is -0.480 e. The molecule has 1 saturated heterocycles. The molecule has 2 rings (SSSR count). The lowest BCUT2D eigenvalue weighted by Crippen LogP contribution is -2.30. The molecule has 2 unspecified atom stereocenters. The number of rotatable bonds is 6. The highest BCUT2D eigenvalue weighted by Crippen LogP contribution is 2.26. The lowest BCUT2D eigenvalue weighted by atomic mass is 10.0. The number of ether oxygens (including phenoxy) is 2. The Balaban J connectivity index is 1.98. The molecule has 100 valence electrons. The molecule has 1 aliphatic rings. The van der Waals surface area contributed by atoms with Crippen LogP contribution in [0.25, 0.3) is 0 Å². The van der Waals surface area contributed by atoms with Crippen molar-refractivity contribution in [2.45, 2.75) is 37.8 Å². The number of hydrazine groups is 1. The molecule has 1 aliphatic heterocycles. The molecule has 2 heterocycles. The minimum absolute atomic E-state index is 0.0575. The van der Waals surface area contributed by atoms with E-state index in [9.17, 15) is 0 Å². The molecule has 3 N–H and O–H groups in total. The van der Waals surface area contributed by atoms with Gasteiger partial charge in [0.15, 0.2) is 0 Å². The van der Waals surface area contributed by atoms with Crippen LogP contribution in [-0.2, 0) is 4.74 Å². The van der Waals surface area contributed by atoms with Crippen LogP contribution in [0.15, 0.2) is 12.4 Å². The molecular weight excluding hydrogens is 232 g/mol. The van der Waals surface area contributed by atoms with Gasteiger partial charge in [-0.05, 0) is 25.7 Å². The number of nitrogens with zero attached hydrogens (tertiary/aromatic N) is 2. The van der Waals surface area contributed by atoms with Gasteiger partial charge in [-0.25, -0.2) is 4.98 Å². The zero-order valence-corrected chi connectivity index (χ0v) is 10.6. The summed E-state index contributed by atoms with van der Waals surface area (Å²) in [6.45, 7) is 0.875. The van der Waals surface area contributed by atoms with E-state index in [-0.39, 0.29) is 6.04 Å². The third-order valence-electron chi connectivity index (χ3n) is 3.22. The Bertz CT molecular complexity index is 369. The van der Waals surface area contributed by atoms with E-state index in [0.29, 0.717) is 12.0 Å². The van der Waals surface area contributed by atoms with Gasteiger partial charge >= 0.3 is 0 Å². The van der Waals surface area contributed by atoms with Crippen molar-refractivity contribution < 1.29 is 9.47 Å². The number of methoxy groups -OCH3 is 1. The van der Waals surface area contributed by atoms with Crippen LogP contribution in [0, 0.1) is 0 Å². The van der Waals surface area contributed by atoms with Gasteiger partial charge < -0.3 is 9.47 Å². The van der Waals surface area contributed by atoms with Gasteiger partial charge in [-0.3, -0.25) is 16.3 Å². The Hall–Kier alpha value is -1.24. The zero-order chi connectivity index (χ0) is 12.8. The molecule has 0 bridgehead atoms. The number of hydrogen-bond donors (Lipinski definition) is 2. The van der Waals surface area contributed by atoms with E-state index in [0.717, 1.165) is 38.0 Å². The van der Waals surface area contributed by atoms with Crippen molar-refractivity contribution in [2.75, 3.05) is 13.7 Å². The van der Waals surface area contributed by atoms with Crippen molar-refractivity contribution in [1.29, 1.82) is 0 Å². The highest BCUT2D eigenvalue weighted by molar-refractivity contribution is 5.20. The van der Waals surface area contributed by atoms with Gasteiger partial charge in [0.2, 0.25) is 5.88 Å². The molecular formula is C12H20N4O2. The standard InChI is InChI=1S/C12H20N4O2/c1-17-12-11(14-6-7-15-12)10(16-13)5-4-9-3-2-8-18-9/h6-7,9-10,16H,2-5,8,13H2,1H3. The number of hydrogen-bond acceptors (Lipinski definition) is 6. The van der Waals surface area contributed by atoms with Gasteiger partial charge in [-0.1, -0.05) is 0 Å². The molecule has 2 atom stereocenters. The van der Waals surface area contributed by atoms with Gasteiger partial charge in [0.05, 0.1) is 19.3 Å². The molecule has 1 fully saturated rings. The second-order valence-corrected chi connectivity index (χ2v) is 4.38. The average molecular weight is 252 g/mol. The van der Waals surface area contributed by atoms with Crippen molar-refractivity contribution in [2.24, 2.45) is 5.84 Å². The fraction of sp³-hybridized carbons (Fsp3) is 0.667. The molecule has 0 radical (unpaired) electrons. The van der Waals surface area contributed by atoms with E-state index in [1.54, 1.807) is 19.5 Å². The molecule has 0 saturated carbocycles. The molecule has 6 heteroatoms. The van der Waals surface area contributed by atoms with Crippen molar-refractivity contribution in [3.8, 4) is 5.88 Å². The summed E-state index contributed by atoms with van der Waals surface area (Å²) in [4.78, 5) is 8.43. The van der Waals surface area contributed by atoms with Crippen LogP contribution >= 0.6 is 0 Å². The maximum atomic E-state index is 5.60. The van der Waals surface area contributed by atoms with Crippen molar-refractivity contribution in [1.82, 2.24) is 15.4 Å². The first kappa shape index (κ1) is 13.2. The van der Waals surface area contributed by atoms with E-state index in [1.807, 2.05) is 0 Å². The van der Waals surface area contributed by atoms with Crippen LogP contribution in [-0.4, -0.2) is 29.8 Å². The van der Waals surface area contributed by atoms with Crippen LogP contribution in [0.2, 0.25) is 0 Å². The van der Waals surface area contributed by atoms with E-state index in [2.05, 4.69) is 15.4 Å². The summed E-state index contributed by atoms with van der Waals surface area (Å²) in [5.41, 5.74) is 3.53. The smallest absolute Gasteiger partial charge is 0.237 e. The number of aromatic nitrogens is 2. The largest absolute Gasteiger partial charge is 0.480 e. The van der Waals surface area contributed by atoms with Crippen LogP contribution in [0.5, 0.6) is 5.88 Å². The minimum atomic E-state index is -0.0575. The maximum Gasteiger partial charge on any atom is 0.237 e. The number of nitrogens with two attached hydrogens (primary N) is 1. The lowest BCUT2D eigenvalue weighted by molar-refractivity contribution is 0.0993. The monoisotopic (exact) mass is 252 g/mol. The van der Waals surface area contributed by atoms with E-state index >= 15 is 0 Å². The molecule has 18 heavy (non-hydrogen) atoms. The fourth-order valence-electron chi connectivity index (χ4n) is 2.26. The molecule has 1 aromatic heterocycles. The summed E-state index contributed by atoms with van der Waals surface area (Å²) in [6, 6.07) is -0.0575. The molecule has 1 aromatic rings. The van der Waals surface area contributed by atoms with Gasteiger partial charge in [0.25, 0.3) is 0 Å². The predicted octanol–water partition coefficient (Wildman–Crippen LogP) is 0.949. The third-order valence-corrected chi connectivity index (χ3v) is 3.22. The average Bonchev–Trinajstić information content (AvgIpc) is 2.93. The Kier molecular flexibility index (Phi) is 4.86. The van der Waals surface area contributed by atoms with Crippen molar-refractivity contribution in [3.63, 3.8) is 0 Å². The highest BCUT2D eigenvalue weighted by Gasteiger charge is 2.21. The Labute approximate surface area is 107 Å². The maximum absolute atomic E-state index is 5.60. The Morgan fingerprint density at radius 1 is 1.56 bits per heavy atom. The van der Waals surface area contributed by atoms with E-state index in [1.165, 1.54) is 0 Å². The highest BCUT2D eigenvalue weighted by atomic mass is 16.5. The summed E-state index contributed by atoms with van der Waals surface area (Å²) in [7, 11) is 1.58. The first-order chi connectivity index (χ1) is 8.85. The quantitative estimate of drug-likeness (QED) is 0.579. The van der Waals surface area contributed by atoms with Crippen LogP contribution in [0.1, 0.15) is 37.4 Å². The molecule has 6 nitrogen and oxygen atoms in total.